The quantitative estimate of drug-likeness (QED) is 0.434. The standard InChI is InChI=1S/C6H10F4O4S/c7-5(8,3-1-2-4-11)6(9,10)15(12,13)14/h11H,1-4H2,(H,12,13,14)/p-1. The number of rotatable bonds is 6. The molecule has 0 aromatic heterocycles. The number of aliphatic hydroxyl groups is 1. The number of halogens is 4. The zero-order chi connectivity index (χ0) is 12.3. The fourth-order valence-electron chi connectivity index (χ4n) is 0.787. The fraction of sp³-hybridized carbons (Fsp3) is 1.00. The maximum atomic E-state index is 12.6. The highest BCUT2D eigenvalue weighted by Gasteiger charge is 2.60. The summed E-state index contributed by atoms with van der Waals surface area (Å²) >= 11 is 0. The van der Waals surface area contributed by atoms with Crippen LogP contribution in [0.1, 0.15) is 19.3 Å². The molecule has 0 unspecified atom stereocenters. The van der Waals surface area contributed by atoms with Crippen LogP contribution in [0.5, 0.6) is 0 Å². The Morgan fingerprint density at radius 1 is 1.13 bits per heavy atom. The van der Waals surface area contributed by atoms with Gasteiger partial charge in [-0.05, 0) is 12.8 Å². The van der Waals surface area contributed by atoms with Crippen LogP contribution in [0.15, 0.2) is 0 Å². The van der Waals surface area contributed by atoms with Crippen LogP contribution < -0.4 is 0 Å². The molecule has 0 heterocycles. The molecule has 0 rings (SSSR count). The van der Waals surface area contributed by atoms with Gasteiger partial charge in [-0.25, -0.2) is 8.42 Å². The lowest BCUT2D eigenvalue weighted by atomic mass is 10.1. The topological polar surface area (TPSA) is 77.4 Å². The summed E-state index contributed by atoms with van der Waals surface area (Å²) in [7, 11) is -6.39. The van der Waals surface area contributed by atoms with Crippen LogP contribution in [0.25, 0.3) is 0 Å². The van der Waals surface area contributed by atoms with Crippen molar-refractivity contribution in [2.45, 2.75) is 30.4 Å². The predicted molar refractivity (Wildman–Crippen MR) is 40.5 cm³/mol. The number of aliphatic hydroxyl groups excluding tert-OH is 1. The Morgan fingerprint density at radius 3 is 1.93 bits per heavy atom. The Bertz CT molecular complexity index is 300. The van der Waals surface area contributed by atoms with E-state index in [1.54, 1.807) is 0 Å². The molecule has 0 fully saturated rings. The summed E-state index contributed by atoms with van der Waals surface area (Å²) in [5.74, 6) is -4.91. The SMILES string of the molecule is O=S(=O)([O-])C(F)(F)C(F)(F)CCCCO. The monoisotopic (exact) mass is 253 g/mol. The molecule has 0 aliphatic rings. The molecule has 4 nitrogen and oxygen atoms in total. The van der Waals surface area contributed by atoms with E-state index in [2.05, 4.69) is 0 Å². The smallest absolute Gasteiger partial charge is 0.396 e. The average Bonchev–Trinajstić information content (AvgIpc) is 2.02. The van der Waals surface area contributed by atoms with Gasteiger partial charge in [-0.15, -0.1) is 0 Å². The number of unbranched alkanes of at least 4 members (excludes halogenated alkanes) is 1. The second-order valence-electron chi connectivity index (χ2n) is 2.86. The summed E-state index contributed by atoms with van der Waals surface area (Å²) in [5.41, 5.74) is 0. The average molecular weight is 253 g/mol. The normalized spacial score (nSPS) is 14.3. The first-order valence-corrected chi connectivity index (χ1v) is 5.29. The highest BCUT2D eigenvalue weighted by Crippen LogP contribution is 2.41. The van der Waals surface area contributed by atoms with Gasteiger partial charge < -0.3 is 9.66 Å². The molecule has 0 amide bonds. The van der Waals surface area contributed by atoms with Crippen molar-refractivity contribution in [2.75, 3.05) is 6.61 Å². The Labute approximate surface area is 83.6 Å². The second kappa shape index (κ2) is 4.62. The van der Waals surface area contributed by atoms with Crippen LogP contribution >= 0.6 is 0 Å². The number of hydrogen-bond acceptors (Lipinski definition) is 4. The maximum Gasteiger partial charge on any atom is 0.396 e. The van der Waals surface area contributed by atoms with E-state index in [4.69, 9.17) is 5.11 Å². The van der Waals surface area contributed by atoms with Crippen molar-refractivity contribution in [1.29, 1.82) is 0 Å². The van der Waals surface area contributed by atoms with Crippen molar-refractivity contribution >= 4 is 10.1 Å². The van der Waals surface area contributed by atoms with Crippen LogP contribution in [0.3, 0.4) is 0 Å². The molecule has 15 heavy (non-hydrogen) atoms. The maximum absolute atomic E-state index is 12.6. The van der Waals surface area contributed by atoms with Crippen LogP contribution in [0.2, 0.25) is 0 Å². The minimum Gasteiger partial charge on any atom is -0.743 e. The lowest BCUT2D eigenvalue weighted by Crippen LogP contribution is -2.46. The summed E-state index contributed by atoms with van der Waals surface area (Å²) in [5, 5.41) is 2.60. The number of hydrogen-bond donors (Lipinski definition) is 1. The molecule has 0 saturated carbocycles. The van der Waals surface area contributed by atoms with E-state index < -0.39 is 40.7 Å². The summed E-state index contributed by atoms with van der Waals surface area (Å²) in [6.07, 6.45) is -2.15. The highest BCUT2D eigenvalue weighted by atomic mass is 32.2. The molecule has 92 valence electrons. The zero-order valence-electron chi connectivity index (χ0n) is 7.42. The van der Waals surface area contributed by atoms with E-state index in [1.165, 1.54) is 0 Å². The lowest BCUT2D eigenvalue weighted by molar-refractivity contribution is -0.165. The zero-order valence-corrected chi connectivity index (χ0v) is 8.24. The largest absolute Gasteiger partial charge is 0.743 e. The lowest BCUT2D eigenvalue weighted by Gasteiger charge is -2.28. The minimum atomic E-state index is -6.39. The first-order chi connectivity index (χ1) is 6.56. The molecular weight excluding hydrogens is 244 g/mol. The van der Waals surface area contributed by atoms with Crippen molar-refractivity contribution in [3.05, 3.63) is 0 Å². The van der Waals surface area contributed by atoms with Crippen molar-refractivity contribution in [3.63, 3.8) is 0 Å². The summed E-state index contributed by atoms with van der Waals surface area (Å²) in [6.45, 7) is -0.480. The third kappa shape index (κ3) is 3.28. The molecule has 0 bridgehead atoms. The Balaban J connectivity index is 4.71. The molecule has 0 aromatic rings. The molecule has 0 atom stereocenters. The second-order valence-corrected chi connectivity index (χ2v) is 4.28. The van der Waals surface area contributed by atoms with Gasteiger partial charge in [0.15, 0.2) is 10.1 Å². The van der Waals surface area contributed by atoms with E-state index in [0.717, 1.165) is 0 Å². The third-order valence-electron chi connectivity index (χ3n) is 1.64. The molecule has 0 aliphatic heterocycles. The van der Waals surface area contributed by atoms with E-state index >= 15 is 0 Å². The van der Waals surface area contributed by atoms with E-state index in [9.17, 15) is 30.5 Å². The van der Waals surface area contributed by atoms with Crippen LogP contribution in [-0.2, 0) is 10.1 Å². The van der Waals surface area contributed by atoms with Gasteiger partial charge in [0.05, 0.1) is 0 Å². The molecule has 0 aromatic carbocycles. The van der Waals surface area contributed by atoms with Gasteiger partial charge in [0.25, 0.3) is 0 Å². The van der Waals surface area contributed by atoms with Gasteiger partial charge in [-0.1, -0.05) is 0 Å². The summed E-state index contributed by atoms with van der Waals surface area (Å²) in [4.78, 5) is 0. The van der Waals surface area contributed by atoms with Crippen molar-refractivity contribution in [1.82, 2.24) is 0 Å². The highest BCUT2D eigenvalue weighted by molar-refractivity contribution is 7.86. The number of alkyl halides is 4. The molecule has 1 N–H and O–H groups in total. The van der Waals surface area contributed by atoms with Crippen molar-refractivity contribution in [2.24, 2.45) is 0 Å². The van der Waals surface area contributed by atoms with Crippen molar-refractivity contribution < 1.29 is 35.6 Å². The Kier molecular flexibility index (Phi) is 4.49. The van der Waals surface area contributed by atoms with Gasteiger partial charge >= 0.3 is 11.2 Å². The van der Waals surface area contributed by atoms with Crippen molar-refractivity contribution in [3.8, 4) is 0 Å². The summed E-state index contributed by atoms with van der Waals surface area (Å²) < 4.78 is 79.8. The third-order valence-corrected chi connectivity index (χ3v) is 2.57. The van der Waals surface area contributed by atoms with Gasteiger partial charge in [0.2, 0.25) is 0 Å². The molecule has 0 aliphatic carbocycles. The van der Waals surface area contributed by atoms with E-state index in [1.807, 2.05) is 0 Å². The minimum absolute atomic E-state index is 0.176. The predicted octanol–water partition coefficient (Wildman–Crippen LogP) is 0.922. The van der Waals surface area contributed by atoms with Gasteiger partial charge in [-0.3, -0.25) is 0 Å². The molecule has 9 heteroatoms. The van der Waals surface area contributed by atoms with Gasteiger partial charge in [0, 0.05) is 13.0 Å². The molecule has 0 saturated heterocycles. The van der Waals surface area contributed by atoms with Crippen LogP contribution in [0, 0.1) is 0 Å². The van der Waals surface area contributed by atoms with Crippen LogP contribution in [0.4, 0.5) is 17.6 Å². The molecular formula is C6H9F4O4S-. The first-order valence-electron chi connectivity index (χ1n) is 3.88. The van der Waals surface area contributed by atoms with Gasteiger partial charge in [-0.2, -0.15) is 17.6 Å². The first kappa shape index (κ1) is 14.6. The fourth-order valence-corrected chi connectivity index (χ4v) is 1.26. The van der Waals surface area contributed by atoms with E-state index in [0.29, 0.717) is 0 Å². The summed E-state index contributed by atoms with van der Waals surface area (Å²) in [6, 6.07) is 0. The Hall–Kier alpha value is -0.410. The van der Waals surface area contributed by atoms with Crippen LogP contribution in [-0.4, -0.2) is 35.9 Å². The Morgan fingerprint density at radius 2 is 1.60 bits per heavy atom. The van der Waals surface area contributed by atoms with Gasteiger partial charge in [0.1, 0.15) is 0 Å². The molecule has 0 radical (unpaired) electrons. The molecule has 0 spiro atoms. The van der Waals surface area contributed by atoms with E-state index in [-0.39, 0.29) is 6.42 Å².